The highest BCUT2D eigenvalue weighted by Gasteiger charge is 2.27. The van der Waals surface area contributed by atoms with E-state index in [0.29, 0.717) is 12.0 Å². The van der Waals surface area contributed by atoms with Crippen molar-refractivity contribution in [2.24, 2.45) is 11.8 Å². The Morgan fingerprint density at radius 3 is 2.69 bits per heavy atom. The first-order valence-corrected chi connectivity index (χ1v) is 4.99. The second-order valence-corrected chi connectivity index (χ2v) is 4.07. The number of hydrogen-bond donors (Lipinski definition) is 2. The van der Waals surface area contributed by atoms with Gasteiger partial charge in [-0.05, 0) is 5.92 Å². The van der Waals surface area contributed by atoms with Crippen molar-refractivity contribution in [3.05, 3.63) is 0 Å². The van der Waals surface area contributed by atoms with Crippen LogP contribution >= 0.6 is 0 Å². The summed E-state index contributed by atoms with van der Waals surface area (Å²) in [6.07, 6.45) is 0. The zero-order valence-corrected chi connectivity index (χ0v) is 8.61. The molecule has 1 saturated heterocycles. The molecule has 0 aromatic carbocycles. The molecule has 4 nitrogen and oxygen atoms in total. The zero-order chi connectivity index (χ0) is 9.84. The predicted molar refractivity (Wildman–Crippen MR) is 53.0 cm³/mol. The largest absolute Gasteiger partial charge is 0.395 e. The predicted octanol–water partition coefficient (Wildman–Crippen LogP) is -0.505. The lowest BCUT2D eigenvalue weighted by molar-refractivity contribution is 0.0381. The molecule has 78 valence electrons. The van der Waals surface area contributed by atoms with Gasteiger partial charge in [0.1, 0.15) is 0 Å². The van der Waals surface area contributed by atoms with E-state index in [9.17, 15) is 0 Å². The maximum absolute atomic E-state index is 8.90. The molecular formula is C9H21N3O. The summed E-state index contributed by atoms with van der Waals surface area (Å²) in [6.45, 7) is 8.22. The number of rotatable bonds is 3. The molecule has 0 saturated carbocycles. The Morgan fingerprint density at radius 1 is 1.46 bits per heavy atom. The Hall–Kier alpha value is -0.160. The third kappa shape index (κ3) is 2.91. The van der Waals surface area contributed by atoms with Gasteiger partial charge in [-0.2, -0.15) is 0 Å². The molecule has 1 heterocycles. The van der Waals surface area contributed by atoms with Crippen LogP contribution in [0.15, 0.2) is 0 Å². The number of nitrogens with zero attached hydrogens (tertiary/aromatic N) is 2. The molecule has 0 aliphatic carbocycles. The summed E-state index contributed by atoms with van der Waals surface area (Å²) < 4.78 is 0. The van der Waals surface area contributed by atoms with Crippen LogP contribution in [0.1, 0.15) is 13.8 Å². The Kier molecular flexibility index (Phi) is 4.12. The molecule has 13 heavy (non-hydrogen) atoms. The standard InChI is InChI=1S/C9H21N3O/c1-8(2)9-7-12(10)4-3-11(9)5-6-13/h8-9,13H,3-7,10H2,1-2H3. The maximum atomic E-state index is 8.90. The molecule has 1 aliphatic heterocycles. The van der Waals surface area contributed by atoms with Crippen LogP contribution in [0.3, 0.4) is 0 Å². The molecule has 1 unspecified atom stereocenters. The summed E-state index contributed by atoms with van der Waals surface area (Å²) in [5, 5.41) is 10.8. The van der Waals surface area contributed by atoms with Gasteiger partial charge < -0.3 is 5.11 Å². The molecule has 0 spiro atoms. The number of nitrogens with two attached hydrogens (primary N) is 1. The third-order valence-corrected chi connectivity index (χ3v) is 2.72. The first-order chi connectivity index (χ1) is 6.15. The minimum Gasteiger partial charge on any atom is -0.395 e. The summed E-state index contributed by atoms with van der Waals surface area (Å²) in [6, 6.07) is 0.492. The Morgan fingerprint density at radius 2 is 2.15 bits per heavy atom. The van der Waals surface area contributed by atoms with Gasteiger partial charge >= 0.3 is 0 Å². The van der Waals surface area contributed by atoms with E-state index in [4.69, 9.17) is 10.9 Å². The van der Waals surface area contributed by atoms with E-state index < -0.39 is 0 Å². The fraction of sp³-hybridized carbons (Fsp3) is 1.00. The molecule has 3 N–H and O–H groups in total. The second kappa shape index (κ2) is 4.91. The Labute approximate surface area is 80.3 Å². The minimum atomic E-state index is 0.244. The third-order valence-electron chi connectivity index (χ3n) is 2.72. The molecule has 1 rings (SSSR count). The zero-order valence-electron chi connectivity index (χ0n) is 8.61. The normalized spacial score (nSPS) is 27.0. The monoisotopic (exact) mass is 187 g/mol. The maximum Gasteiger partial charge on any atom is 0.0558 e. The van der Waals surface area contributed by atoms with Crippen LogP contribution in [-0.4, -0.2) is 53.8 Å². The smallest absolute Gasteiger partial charge is 0.0558 e. The van der Waals surface area contributed by atoms with E-state index in [-0.39, 0.29) is 6.61 Å². The molecule has 0 radical (unpaired) electrons. The van der Waals surface area contributed by atoms with Crippen molar-refractivity contribution in [1.82, 2.24) is 9.91 Å². The van der Waals surface area contributed by atoms with E-state index in [1.54, 1.807) is 0 Å². The summed E-state index contributed by atoms with van der Waals surface area (Å²) in [4.78, 5) is 2.33. The Balaban J connectivity index is 2.50. The summed E-state index contributed by atoms with van der Waals surface area (Å²) >= 11 is 0. The van der Waals surface area contributed by atoms with Gasteiger partial charge in [-0.1, -0.05) is 13.8 Å². The second-order valence-electron chi connectivity index (χ2n) is 4.07. The van der Waals surface area contributed by atoms with E-state index in [1.807, 2.05) is 5.01 Å². The fourth-order valence-corrected chi connectivity index (χ4v) is 1.91. The topological polar surface area (TPSA) is 52.7 Å². The number of hydrogen-bond acceptors (Lipinski definition) is 4. The summed E-state index contributed by atoms with van der Waals surface area (Å²) in [5.41, 5.74) is 0. The van der Waals surface area contributed by atoms with Crippen LogP contribution in [0.25, 0.3) is 0 Å². The van der Waals surface area contributed by atoms with Gasteiger partial charge in [0.15, 0.2) is 0 Å². The molecule has 0 amide bonds. The fourth-order valence-electron chi connectivity index (χ4n) is 1.91. The molecule has 4 heteroatoms. The van der Waals surface area contributed by atoms with Gasteiger partial charge in [-0.15, -0.1) is 0 Å². The van der Waals surface area contributed by atoms with Crippen molar-refractivity contribution in [3.63, 3.8) is 0 Å². The molecule has 0 bridgehead atoms. The van der Waals surface area contributed by atoms with Crippen molar-refractivity contribution >= 4 is 0 Å². The average Bonchev–Trinajstić information content (AvgIpc) is 2.08. The van der Waals surface area contributed by atoms with E-state index in [2.05, 4.69) is 18.7 Å². The minimum absolute atomic E-state index is 0.244. The van der Waals surface area contributed by atoms with Crippen molar-refractivity contribution < 1.29 is 5.11 Å². The summed E-state index contributed by atoms with van der Waals surface area (Å²) in [7, 11) is 0. The number of aliphatic hydroxyl groups is 1. The molecule has 1 atom stereocenters. The van der Waals surface area contributed by atoms with Gasteiger partial charge in [0.05, 0.1) is 6.61 Å². The van der Waals surface area contributed by atoms with Crippen molar-refractivity contribution in [3.8, 4) is 0 Å². The lowest BCUT2D eigenvalue weighted by atomic mass is 10.0. The lowest BCUT2D eigenvalue weighted by Gasteiger charge is -2.41. The number of aliphatic hydroxyl groups excluding tert-OH is 1. The highest BCUT2D eigenvalue weighted by atomic mass is 16.3. The SMILES string of the molecule is CC(C)C1CN(N)CCN1CCO. The highest BCUT2D eigenvalue weighted by molar-refractivity contribution is 4.81. The Bertz CT molecular complexity index is 152. The van der Waals surface area contributed by atoms with Crippen LogP contribution in [0.4, 0.5) is 0 Å². The molecule has 1 fully saturated rings. The first kappa shape index (κ1) is 10.9. The number of piperazine rings is 1. The molecular weight excluding hydrogens is 166 g/mol. The van der Waals surface area contributed by atoms with Crippen molar-refractivity contribution in [2.75, 3.05) is 32.8 Å². The lowest BCUT2D eigenvalue weighted by Crippen LogP contribution is -2.57. The van der Waals surface area contributed by atoms with E-state index in [0.717, 1.165) is 26.2 Å². The van der Waals surface area contributed by atoms with E-state index in [1.165, 1.54) is 0 Å². The van der Waals surface area contributed by atoms with Crippen LogP contribution in [0, 0.1) is 5.92 Å². The van der Waals surface area contributed by atoms with Gasteiger partial charge in [0.25, 0.3) is 0 Å². The highest BCUT2D eigenvalue weighted by Crippen LogP contribution is 2.14. The average molecular weight is 187 g/mol. The number of β-amino-alcohol motifs (C(OH)–C–C–N with tert-alkyl or cyclic N) is 1. The van der Waals surface area contributed by atoms with Gasteiger partial charge in [0.2, 0.25) is 0 Å². The van der Waals surface area contributed by atoms with Gasteiger partial charge in [0, 0.05) is 32.2 Å². The van der Waals surface area contributed by atoms with Crippen molar-refractivity contribution in [2.45, 2.75) is 19.9 Å². The van der Waals surface area contributed by atoms with Crippen molar-refractivity contribution in [1.29, 1.82) is 0 Å². The molecule has 0 aromatic rings. The number of hydrazine groups is 1. The van der Waals surface area contributed by atoms with Crippen LogP contribution < -0.4 is 5.84 Å². The molecule has 1 aliphatic rings. The van der Waals surface area contributed by atoms with Gasteiger partial charge in [-0.3, -0.25) is 10.7 Å². The summed E-state index contributed by atoms with van der Waals surface area (Å²) in [5.74, 6) is 6.36. The van der Waals surface area contributed by atoms with Crippen LogP contribution in [0.5, 0.6) is 0 Å². The van der Waals surface area contributed by atoms with Crippen LogP contribution in [-0.2, 0) is 0 Å². The first-order valence-electron chi connectivity index (χ1n) is 4.99. The van der Waals surface area contributed by atoms with Crippen LogP contribution in [0.2, 0.25) is 0 Å². The van der Waals surface area contributed by atoms with Gasteiger partial charge in [-0.25, -0.2) is 5.01 Å². The molecule has 0 aromatic heterocycles. The quantitative estimate of drug-likeness (QED) is 0.585. The van der Waals surface area contributed by atoms with E-state index >= 15 is 0 Å².